The van der Waals surface area contributed by atoms with Crippen molar-refractivity contribution in [1.82, 2.24) is 9.55 Å². The molecule has 8 nitrogen and oxygen atoms in total. The molecule has 0 aromatic carbocycles. The summed E-state index contributed by atoms with van der Waals surface area (Å²) < 4.78 is 6.28. The summed E-state index contributed by atoms with van der Waals surface area (Å²) in [6.07, 6.45) is -1.08. The number of H-pyrrole nitrogens is 1. The first-order chi connectivity index (χ1) is 8.02. The SMILES string of the molecule is Nc1cn([C@@H]2O[C@H](CO)CC2O)c(=O)[nH]c1=O. The van der Waals surface area contributed by atoms with Gasteiger partial charge in [-0.2, -0.15) is 0 Å². The van der Waals surface area contributed by atoms with E-state index in [1.165, 1.54) is 0 Å². The van der Waals surface area contributed by atoms with E-state index in [1.807, 2.05) is 4.98 Å². The van der Waals surface area contributed by atoms with Crippen LogP contribution in [0.25, 0.3) is 0 Å². The van der Waals surface area contributed by atoms with Crippen molar-refractivity contribution in [2.45, 2.75) is 24.9 Å². The number of nitrogens with one attached hydrogen (secondary N) is 1. The van der Waals surface area contributed by atoms with Crippen LogP contribution in [-0.4, -0.2) is 38.6 Å². The topological polar surface area (TPSA) is 131 Å². The van der Waals surface area contributed by atoms with Crippen molar-refractivity contribution < 1.29 is 14.9 Å². The van der Waals surface area contributed by atoms with Crippen LogP contribution >= 0.6 is 0 Å². The Morgan fingerprint density at radius 3 is 2.88 bits per heavy atom. The Labute approximate surface area is 95.3 Å². The summed E-state index contributed by atoms with van der Waals surface area (Å²) in [5.41, 5.74) is 3.84. The summed E-state index contributed by atoms with van der Waals surface area (Å²) in [5.74, 6) is 0. The van der Waals surface area contributed by atoms with Gasteiger partial charge in [-0.25, -0.2) is 4.79 Å². The Balaban J connectivity index is 2.38. The molecule has 2 rings (SSSR count). The predicted molar refractivity (Wildman–Crippen MR) is 57.4 cm³/mol. The van der Waals surface area contributed by atoms with Crippen LogP contribution in [0.1, 0.15) is 12.6 Å². The molecule has 0 aliphatic carbocycles. The number of nitrogens with zero attached hydrogens (tertiary/aromatic N) is 1. The van der Waals surface area contributed by atoms with Crippen molar-refractivity contribution in [3.05, 3.63) is 27.0 Å². The van der Waals surface area contributed by atoms with Crippen LogP contribution in [0.5, 0.6) is 0 Å². The van der Waals surface area contributed by atoms with Gasteiger partial charge in [-0.1, -0.05) is 0 Å². The Morgan fingerprint density at radius 2 is 2.29 bits per heavy atom. The first-order valence-corrected chi connectivity index (χ1v) is 5.08. The first kappa shape index (κ1) is 11.8. The summed E-state index contributed by atoms with van der Waals surface area (Å²) in [4.78, 5) is 24.6. The molecule has 2 heterocycles. The van der Waals surface area contributed by atoms with E-state index in [0.29, 0.717) is 0 Å². The number of aromatic nitrogens is 2. The maximum absolute atomic E-state index is 11.5. The van der Waals surface area contributed by atoms with Gasteiger partial charge < -0.3 is 20.7 Å². The van der Waals surface area contributed by atoms with E-state index in [0.717, 1.165) is 10.8 Å². The van der Waals surface area contributed by atoms with E-state index in [1.54, 1.807) is 0 Å². The smallest absolute Gasteiger partial charge is 0.330 e. The summed E-state index contributed by atoms with van der Waals surface area (Å²) in [7, 11) is 0. The molecular formula is C9H13N3O5. The molecule has 1 fully saturated rings. The molecule has 0 bridgehead atoms. The average molecular weight is 243 g/mol. The minimum absolute atomic E-state index is 0.146. The zero-order chi connectivity index (χ0) is 12.6. The maximum atomic E-state index is 11.5. The number of hydrogen-bond donors (Lipinski definition) is 4. The van der Waals surface area contributed by atoms with Gasteiger partial charge in [0.05, 0.1) is 12.7 Å². The lowest BCUT2D eigenvalue weighted by Gasteiger charge is -2.17. The van der Waals surface area contributed by atoms with E-state index in [4.69, 9.17) is 15.6 Å². The number of nitrogens with two attached hydrogens (primary N) is 1. The molecule has 17 heavy (non-hydrogen) atoms. The van der Waals surface area contributed by atoms with Gasteiger partial charge in [0, 0.05) is 12.6 Å². The van der Waals surface area contributed by atoms with Crippen LogP contribution in [0.4, 0.5) is 5.69 Å². The minimum Gasteiger partial charge on any atom is -0.394 e. The van der Waals surface area contributed by atoms with Crippen molar-refractivity contribution in [1.29, 1.82) is 0 Å². The lowest BCUT2D eigenvalue weighted by atomic mass is 10.2. The second-order valence-corrected chi connectivity index (χ2v) is 3.89. The number of aliphatic hydroxyl groups excluding tert-OH is 2. The summed E-state index contributed by atoms with van der Waals surface area (Å²) in [6.45, 7) is -0.249. The normalized spacial score (nSPS) is 28.5. The lowest BCUT2D eigenvalue weighted by Crippen LogP contribution is -2.36. The van der Waals surface area contributed by atoms with Crippen molar-refractivity contribution in [3.8, 4) is 0 Å². The van der Waals surface area contributed by atoms with Gasteiger partial charge in [-0.15, -0.1) is 0 Å². The van der Waals surface area contributed by atoms with Crippen LogP contribution in [0, 0.1) is 0 Å². The third-order valence-electron chi connectivity index (χ3n) is 2.64. The summed E-state index contributed by atoms with van der Waals surface area (Å²) >= 11 is 0. The minimum atomic E-state index is -0.946. The zero-order valence-electron chi connectivity index (χ0n) is 8.87. The second kappa shape index (κ2) is 4.32. The number of nitrogen functional groups attached to an aromatic ring is 1. The van der Waals surface area contributed by atoms with Gasteiger partial charge in [0.1, 0.15) is 11.8 Å². The van der Waals surface area contributed by atoms with E-state index in [-0.39, 0.29) is 18.7 Å². The van der Waals surface area contributed by atoms with Crippen molar-refractivity contribution >= 4 is 5.69 Å². The predicted octanol–water partition coefficient (Wildman–Crippen LogP) is -2.24. The Bertz CT molecular complexity index is 522. The van der Waals surface area contributed by atoms with E-state index >= 15 is 0 Å². The van der Waals surface area contributed by atoms with Gasteiger partial charge >= 0.3 is 5.69 Å². The molecule has 8 heteroatoms. The third kappa shape index (κ3) is 2.09. The van der Waals surface area contributed by atoms with E-state index in [9.17, 15) is 14.7 Å². The highest BCUT2D eigenvalue weighted by Gasteiger charge is 2.35. The number of rotatable bonds is 2. The second-order valence-electron chi connectivity index (χ2n) is 3.89. The van der Waals surface area contributed by atoms with Crippen molar-refractivity contribution in [3.63, 3.8) is 0 Å². The van der Waals surface area contributed by atoms with Gasteiger partial charge in [0.2, 0.25) is 0 Å². The highest BCUT2D eigenvalue weighted by atomic mass is 16.5. The highest BCUT2D eigenvalue weighted by molar-refractivity contribution is 5.30. The molecule has 1 aromatic heterocycles. The molecule has 1 aliphatic heterocycles. The average Bonchev–Trinajstić information content (AvgIpc) is 2.65. The number of hydrogen-bond acceptors (Lipinski definition) is 6. The van der Waals surface area contributed by atoms with Crippen LogP contribution in [0.2, 0.25) is 0 Å². The van der Waals surface area contributed by atoms with Crippen LogP contribution < -0.4 is 17.0 Å². The molecule has 1 saturated heterocycles. The molecule has 0 saturated carbocycles. The molecule has 0 amide bonds. The summed E-state index contributed by atoms with van der Waals surface area (Å²) in [6, 6.07) is 0. The molecule has 0 radical (unpaired) electrons. The van der Waals surface area contributed by atoms with Crippen LogP contribution in [0.15, 0.2) is 15.8 Å². The van der Waals surface area contributed by atoms with Crippen molar-refractivity contribution in [2.24, 2.45) is 0 Å². The molecule has 3 atom stereocenters. The molecule has 1 aromatic rings. The van der Waals surface area contributed by atoms with Crippen LogP contribution in [0.3, 0.4) is 0 Å². The quantitative estimate of drug-likeness (QED) is 0.464. The zero-order valence-corrected chi connectivity index (χ0v) is 8.87. The number of anilines is 1. The Morgan fingerprint density at radius 1 is 1.59 bits per heavy atom. The fourth-order valence-corrected chi connectivity index (χ4v) is 1.79. The number of aromatic amines is 1. The summed E-state index contributed by atoms with van der Waals surface area (Å²) in [5, 5.41) is 18.6. The van der Waals surface area contributed by atoms with Gasteiger partial charge in [-0.3, -0.25) is 14.3 Å². The largest absolute Gasteiger partial charge is 0.394 e. The van der Waals surface area contributed by atoms with Gasteiger partial charge in [0.25, 0.3) is 5.56 Å². The Kier molecular flexibility index (Phi) is 3.01. The van der Waals surface area contributed by atoms with Gasteiger partial charge in [0.15, 0.2) is 6.23 Å². The Hall–Kier alpha value is -1.64. The molecule has 5 N–H and O–H groups in total. The van der Waals surface area contributed by atoms with Crippen molar-refractivity contribution in [2.75, 3.05) is 12.3 Å². The monoisotopic (exact) mass is 243 g/mol. The van der Waals surface area contributed by atoms with E-state index < -0.39 is 29.7 Å². The number of aliphatic hydroxyl groups is 2. The van der Waals surface area contributed by atoms with Gasteiger partial charge in [-0.05, 0) is 0 Å². The first-order valence-electron chi connectivity index (χ1n) is 5.08. The lowest BCUT2D eigenvalue weighted by molar-refractivity contribution is -0.0529. The third-order valence-corrected chi connectivity index (χ3v) is 2.64. The number of ether oxygens (including phenoxy) is 1. The maximum Gasteiger partial charge on any atom is 0.330 e. The molecule has 1 aliphatic rings. The highest BCUT2D eigenvalue weighted by Crippen LogP contribution is 2.27. The molecule has 1 unspecified atom stereocenters. The molecular weight excluding hydrogens is 230 g/mol. The fraction of sp³-hybridized carbons (Fsp3) is 0.556. The molecule has 0 spiro atoms. The standard InChI is InChI=1S/C9H13N3O5/c10-5-2-12(9(16)11-7(5)15)8-6(14)1-4(3-13)17-8/h2,4,6,8,13-14H,1,3,10H2,(H,11,15,16)/t4-,6?,8+/m0/s1. The molecule has 94 valence electrons. The van der Waals surface area contributed by atoms with E-state index in [2.05, 4.69) is 0 Å². The van der Waals surface area contributed by atoms with Crippen LogP contribution in [-0.2, 0) is 4.74 Å². The fourth-order valence-electron chi connectivity index (χ4n) is 1.79.